The number of primary amides is 1. The number of amides is 1. The van der Waals surface area contributed by atoms with E-state index in [1.54, 1.807) is 0 Å². The Bertz CT molecular complexity index is 387. The predicted octanol–water partition coefficient (Wildman–Crippen LogP) is 1.81. The summed E-state index contributed by atoms with van der Waals surface area (Å²) in [6.07, 6.45) is -0.747. The molecule has 1 heterocycles. The van der Waals surface area contributed by atoms with Crippen LogP contribution in [0.25, 0.3) is 0 Å². The van der Waals surface area contributed by atoms with Crippen molar-refractivity contribution in [2.75, 3.05) is 19.8 Å². The first-order chi connectivity index (χ1) is 7.62. The fraction of sp³-hybridized carbons (Fsp3) is 0.364. The number of benzene rings is 1. The highest BCUT2D eigenvalue weighted by Gasteiger charge is 2.41. The summed E-state index contributed by atoms with van der Waals surface area (Å²) in [6, 6.07) is 7.91. The van der Waals surface area contributed by atoms with Gasteiger partial charge < -0.3 is 15.2 Å². The number of ether oxygens (including phenoxy) is 2. The van der Waals surface area contributed by atoms with Crippen LogP contribution in [0.3, 0.4) is 0 Å². The average molecular weight is 286 g/mol. The second-order valence-corrected chi connectivity index (χ2v) is 4.80. The minimum Gasteiger partial charge on any atom is -0.449 e. The predicted molar refractivity (Wildman–Crippen MR) is 62.2 cm³/mol. The van der Waals surface area contributed by atoms with Crippen LogP contribution in [0.2, 0.25) is 0 Å². The molecule has 1 saturated heterocycles. The van der Waals surface area contributed by atoms with Crippen LogP contribution < -0.4 is 5.73 Å². The molecule has 4 nitrogen and oxygen atoms in total. The van der Waals surface area contributed by atoms with Gasteiger partial charge in [-0.3, -0.25) is 0 Å². The lowest BCUT2D eigenvalue weighted by Gasteiger charge is -2.41. The molecule has 0 bridgehead atoms. The van der Waals surface area contributed by atoms with E-state index < -0.39 is 6.09 Å². The van der Waals surface area contributed by atoms with Gasteiger partial charge in [0.2, 0.25) is 0 Å². The summed E-state index contributed by atoms with van der Waals surface area (Å²) in [7, 11) is 0. The average Bonchev–Trinajstić information content (AvgIpc) is 2.18. The van der Waals surface area contributed by atoms with Gasteiger partial charge in [0.15, 0.2) is 0 Å². The summed E-state index contributed by atoms with van der Waals surface area (Å²) in [6.45, 7) is 1.38. The lowest BCUT2D eigenvalue weighted by Crippen LogP contribution is -2.51. The van der Waals surface area contributed by atoms with Crippen LogP contribution in [0, 0.1) is 0 Å². The van der Waals surface area contributed by atoms with Crippen molar-refractivity contribution in [2.24, 2.45) is 5.73 Å². The number of halogens is 1. The highest BCUT2D eigenvalue weighted by atomic mass is 79.9. The Hall–Kier alpha value is -1.07. The van der Waals surface area contributed by atoms with Crippen LogP contribution in [0.5, 0.6) is 0 Å². The number of carbonyl (C=O) groups is 1. The molecule has 1 aliphatic rings. The monoisotopic (exact) mass is 285 g/mol. The van der Waals surface area contributed by atoms with Crippen molar-refractivity contribution in [3.63, 3.8) is 0 Å². The highest BCUT2D eigenvalue weighted by molar-refractivity contribution is 9.10. The lowest BCUT2D eigenvalue weighted by molar-refractivity contribution is -0.0852. The molecular formula is C11H12BrNO3. The number of hydrogen-bond acceptors (Lipinski definition) is 3. The Labute approximate surface area is 102 Å². The van der Waals surface area contributed by atoms with E-state index in [0.717, 1.165) is 10.0 Å². The highest BCUT2D eigenvalue weighted by Crippen LogP contribution is 2.33. The molecule has 5 heteroatoms. The normalized spacial score (nSPS) is 17.6. The molecule has 86 valence electrons. The standard InChI is InChI=1S/C11H12BrNO3/c12-9-3-1-8(2-4-9)11(5-15-6-11)7-16-10(13)14/h1-4H,5-7H2,(H2,13,14). The SMILES string of the molecule is NC(=O)OCC1(c2ccc(Br)cc2)COC1. The minimum absolute atomic E-state index is 0.226. The molecule has 1 aromatic rings. The summed E-state index contributed by atoms with van der Waals surface area (Å²) in [4.78, 5) is 10.6. The van der Waals surface area contributed by atoms with Crippen LogP contribution >= 0.6 is 15.9 Å². The molecule has 0 spiro atoms. The number of rotatable bonds is 3. The Morgan fingerprint density at radius 3 is 2.50 bits per heavy atom. The van der Waals surface area contributed by atoms with Gasteiger partial charge in [0.05, 0.1) is 18.6 Å². The number of carbonyl (C=O) groups excluding carboxylic acids is 1. The van der Waals surface area contributed by atoms with E-state index in [4.69, 9.17) is 15.2 Å². The molecule has 0 aromatic heterocycles. The first kappa shape index (κ1) is 11.4. The third-order valence-corrected chi connectivity index (χ3v) is 3.23. The van der Waals surface area contributed by atoms with Crippen molar-refractivity contribution in [2.45, 2.75) is 5.41 Å². The van der Waals surface area contributed by atoms with E-state index in [1.807, 2.05) is 24.3 Å². The molecule has 2 N–H and O–H groups in total. The minimum atomic E-state index is -0.747. The topological polar surface area (TPSA) is 61.6 Å². The third kappa shape index (κ3) is 2.20. The van der Waals surface area contributed by atoms with E-state index in [0.29, 0.717) is 13.2 Å². The van der Waals surface area contributed by atoms with Crippen molar-refractivity contribution < 1.29 is 14.3 Å². The van der Waals surface area contributed by atoms with Crippen molar-refractivity contribution >= 4 is 22.0 Å². The first-order valence-corrected chi connectivity index (χ1v) is 5.68. The number of hydrogen-bond donors (Lipinski definition) is 1. The number of nitrogens with two attached hydrogens (primary N) is 1. The van der Waals surface area contributed by atoms with Gasteiger partial charge in [-0.1, -0.05) is 28.1 Å². The van der Waals surface area contributed by atoms with Crippen molar-refractivity contribution in [3.8, 4) is 0 Å². The zero-order valence-corrected chi connectivity index (χ0v) is 10.2. The van der Waals surface area contributed by atoms with Crippen molar-refractivity contribution in [1.29, 1.82) is 0 Å². The van der Waals surface area contributed by atoms with E-state index >= 15 is 0 Å². The molecule has 1 fully saturated rings. The van der Waals surface area contributed by atoms with Crippen LogP contribution in [-0.2, 0) is 14.9 Å². The lowest BCUT2D eigenvalue weighted by atomic mass is 9.79. The zero-order valence-electron chi connectivity index (χ0n) is 8.61. The quantitative estimate of drug-likeness (QED) is 0.921. The molecule has 2 rings (SSSR count). The van der Waals surface area contributed by atoms with Crippen LogP contribution in [0.15, 0.2) is 28.7 Å². The van der Waals surface area contributed by atoms with Gasteiger partial charge in [-0.25, -0.2) is 4.79 Å². The maximum Gasteiger partial charge on any atom is 0.404 e. The van der Waals surface area contributed by atoms with Crippen molar-refractivity contribution in [3.05, 3.63) is 34.3 Å². The fourth-order valence-corrected chi connectivity index (χ4v) is 1.96. The molecule has 0 saturated carbocycles. The van der Waals surface area contributed by atoms with Gasteiger partial charge >= 0.3 is 6.09 Å². The Kier molecular flexibility index (Phi) is 3.16. The second kappa shape index (κ2) is 4.43. The summed E-state index contributed by atoms with van der Waals surface area (Å²) < 4.78 is 11.1. The van der Waals surface area contributed by atoms with E-state index in [1.165, 1.54) is 0 Å². The molecule has 1 aliphatic heterocycles. The molecule has 1 aromatic carbocycles. The van der Waals surface area contributed by atoms with Gasteiger partial charge in [0.25, 0.3) is 0 Å². The molecule has 0 atom stereocenters. The Morgan fingerprint density at radius 2 is 2.06 bits per heavy atom. The van der Waals surface area contributed by atoms with E-state index in [-0.39, 0.29) is 12.0 Å². The summed E-state index contributed by atoms with van der Waals surface area (Å²) in [5.41, 5.74) is 5.84. The van der Waals surface area contributed by atoms with Gasteiger partial charge in [-0.2, -0.15) is 0 Å². The molecule has 0 unspecified atom stereocenters. The summed E-state index contributed by atoms with van der Waals surface area (Å²) in [5.74, 6) is 0. The molecule has 1 amide bonds. The van der Waals surface area contributed by atoms with Gasteiger partial charge in [-0.15, -0.1) is 0 Å². The van der Waals surface area contributed by atoms with Crippen LogP contribution in [-0.4, -0.2) is 25.9 Å². The fourth-order valence-electron chi connectivity index (χ4n) is 1.69. The van der Waals surface area contributed by atoms with Crippen LogP contribution in [0.1, 0.15) is 5.56 Å². The van der Waals surface area contributed by atoms with Crippen LogP contribution in [0.4, 0.5) is 4.79 Å². The zero-order chi connectivity index (χ0) is 11.6. The maximum atomic E-state index is 10.6. The second-order valence-electron chi connectivity index (χ2n) is 3.89. The van der Waals surface area contributed by atoms with E-state index in [2.05, 4.69) is 15.9 Å². The van der Waals surface area contributed by atoms with Gasteiger partial charge in [0.1, 0.15) is 6.61 Å². The van der Waals surface area contributed by atoms with Gasteiger partial charge in [0, 0.05) is 4.47 Å². The molecule has 0 aliphatic carbocycles. The van der Waals surface area contributed by atoms with Gasteiger partial charge in [-0.05, 0) is 17.7 Å². The first-order valence-electron chi connectivity index (χ1n) is 4.88. The summed E-state index contributed by atoms with van der Waals surface area (Å²) >= 11 is 3.38. The molecular weight excluding hydrogens is 274 g/mol. The Balaban J connectivity index is 2.14. The van der Waals surface area contributed by atoms with E-state index in [9.17, 15) is 4.79 Å². The molecule has 0 radical (unpaired) electrons. The third-order valence-electron chi connectivity index (χ3n) is 2.70. The Morgan fingerprint density at radius 1 is 1.44 bits per heavy atom. The summed E-state index contributed by atoms with van der Waals surface area (Å²) in [5, 5.41) is 0. The van der Waals surface area contributed by atoms with Crippen molar-refractivity contribution in [1.82, 2.24) is 0 Å². The smallest absolute Gasteiger partial charge is 0.404 e. The molecule has 16 heavy (non-hydrogen) atoms. The largest absolute Gasteiger partial charge is 0.449 e. The maximum absolute atomic E-state index is 10.6.